The number of aliphatic hydroxyl groups is 1. The van der Waals surface area contributed by atoms with E-state index in [1.54, 1.807) is 19.2 Å². The monoisotopic (exact) mass is 584 g/mol. The number of thiophene rings is 1. The molecular formula is C28H31F3O6S2. The fourth-order valence-corrected chi connectivity index (χ4v) is 9.72. The third-order valence-electron chi connectivity index (χ3n) is 9.98. The smallest absolute Gasteiger partial charge is 0.343 e. The van der Waals surface area contributed by atoms with E-state index in [0.29, 0.717) is 11.8 Å². The highest BCUT2D eigenvalue weighted by Crippen LogP contribution is 2.72. The van der Waals surface area contributed by atoms with Gasteiger partial charge in [0.1, 0.15) is 23.5 Å². The quantitative estimate of drug-likeness (QED) is 0.464. The molecule has 1 heterocycles. The predicted molar refractivity (Wildman–Crippen MR) is 141 cm³/mol. The van der Waals surface area contributed by atoms with Crippen LogP contribution in [0.5, 0.6) is 5.75 Å². The Morgan fingerprint density at radius 1 is 1.23 bits per heavy atom. The second-order valence-corrected chi connectivity index (χ2v) is 13.1. The number of methoxy groups -OCH3 is 1. The summed E-state index contributed by atoms with van der Waals surface area (Å²) in [5.74, 6) is -3.48. The summed E-state index contributed by atoms with van der Waals surface area (Å²) in [6, 6.07) is -1.07. The number of esters is 1. The standard InChI is InChI=1S/C28H31F3O6S2/c1-14-7-17-18-9-20(30)19-8-15(32)5-6-25(19,2)27(18,31)22(33)10-26(17,3)28(14,24(35)39-13-29)37-23(34)16-11-38-12-21(16)36-4/h5-6,8,11-12,14,17-18,20,22,33H,7,9-10,13H2,1-4H3/t14-,17+,18+,20+,22+,25+,26+,27+,28+/m1/s1. The van der Waals surface area contributed by atoms with Gasteiger partial charge >= 0.3 is 5.97 Å². The number of ketones is 1. The van der Waals surface area contributed by atoms with Crippen LogP contribution in [0.3, 0.4) is 0 Å². The maximum atomic E-state index is 17.5. The van der Waals surface area contributed by atoms with Crippen molar-refractivity contribution in [3.63, 3.8) is 0 Å². The number of ether oxygens (including phenoxy) is 2. The Balaban J connectivity index is 1.63. The minimum absolute atomic E-state index is 0.00578. The molecule has 212 valence electrons. The van der Waals surface area contributed by atoms with Gasteiger partial charge in [-0.05, 0) is 61.6 Å². The summed E-state index contributed by atoms with van der Waals surface area (Å²) in [7, 11) is 1.39. The van der Waals surface area contributed by atoms with Crippen molar-refractivity contribution in [3.05, 3.63) is 40.1 Å². The molecular weight excluding hydrogens is 553 g/mol. The van der Waals surface area contributed by atoms with Crippen molar-refractivity contribution in [2.75, 3.05) is 13.1 Å². The van der Waals surface area contributed by atoms with E-state index in [-0.39, 0.29) is 36.1 Å². The Bertz CT molecular complexity index is 1280. The third kappa shape index (κ3) is 3.61. The molecule has 0 radical (unpaired) electrons. The molecule has 0 amide bonds. The number of halogens is 3. The molecule has 1 aromatic heterocycles. The SMILES string of the molecule is COc1cscc1C(=O)O[C@]1(C(=O)SCF)[C@H](C)C[C@H]2[C@@H]3C[C@H](F)C4=CC(=O)C=C[C@]4(C)[C@@]3(F)[C@@H](O)C[C@@]21C. The lowest BCUT2D eigenvalue weighted by Gasteiger charge is -2.63. The molecule has 0 bridgehead atoms. The van der Waals surface area contributed by atoms with E-state index >= 15 is 8.78 Å². The van der Waals surface area contributed by atoms with Gasteiger partial charge in [0.05, 0.1) is 13.2 Å². The van der Waals surface area contributed by atoms with Crippen molar-refractivity contribution >= 4 is 40.0 Å². The number of rotatable bonds is 5. The van der Waals surface area contributed by atoms with Gasteiger partial charge in [0.15, 0.2) is 17.1 Å². The van der Waals surface area contributed by atoms with Crippen molar-refractivity contribution in [3.8, 4) is 5.75 Å². The third-order valence-corrected chi connectivity index (χ3v) is 11.4. The summed E-state index contributed by atoms with van der Waals surface area (Å²) in [4.78, 5) is 39.3. The van der Waals surface area contributed by atoms with Crippen LogP contribution in [-0.2, 0) is 14.3 Å². The van der Waals surface area contributed by atoms with Gasteiger partial charge < -0.3 is 14.6 Å². The van der Waals surface area contributed by atoms with Crippen LogP contribution in [0.2, 0.25) is 0 Å². The molecule has 0 aliphatic heterocycles. The number of alkyl halides is 3. The first-order chi connectivity index (χ1) is 18.3. The van der Waals surface area contributed by atoms with Crippen molar-refractivity contribution in [1.29, 1.82) is 0 Å². The molecule has 3 saturated carbocycles. The minimum Gasteiger partial charge on any atom is -0.495 e. The summed E-state index contributed by atoms with van der Waals surface area (Å²) in [5.41, 5.74) is -7.10. The van der Waals surface area contributed by atoms with Gasteiger partial charge in [-0.25, -0.2) is 18.0 Å². The average Bonchev–Trinajstić information content (AvgIpc) is 3.44. The van der Waals surface area contributed by atoms with E-state index in [1.165, 1.54) is 42.9 Å². The predicted octanol–water partition coefficient (Wildman–Crippen LogP) is 5.40. The number of thioether (sulfide) groups is 1. The van der Waals surface area contributed by atoms with Crippen LogP contribution in [0.1, 0.15) is 50.4 Å². The molecule has 5 rings (SSSR count). The lowest BCUT2D eigenvalue weighted by molar-refractivity contribution is -0.221. The highest BCUT2D eigenvalue weighted by Gasteiger charge is 2.78. The zero-order valence-electron chi connectivity index (χ0n) is 22.0. The van der Waals surface area contributed by atoms with E-state index < -0.39 is 75.0 Å². The Hall–Kier alpha value is -2.11. The van der Waals surface area contributed by atoms with Crippen LogP contribution in [-0.4, -0.2) is 58.6 Å². The van der Waals surface area contributed by atoms with Crippen LogP contribution >= 0.6 is 23.1 Å². The molecule has 0 spiro atoms. The first-order valence-corrected chi connectivity index (χ1v) is 14.8. The van der Waals surface area contributed by atoms with E-state index in [2.05, 4.69) is 0 Å². The molecule has 0 unspecified atom stereocenters. The summed E-state index contributed by atoms with van der Waals surface area (Å²) in [6.45, 7) is 4.83. The zero-order chi connectivity index (χ0) is 28.5. The summed E-state index contributed by atoms with van der Waals surface area (Å²) >= 11 is 1.56. The van der Waals surface area contributed by atoms with Crippen LogP contribution in [0.15, 0.2) is 34.6 Å². The Kier molecular flexibility index (Phi) is 6.91. The summed E-state index contributed by atoms with van der Waals surface area (Å²) in [5, 5.41) is 14.0. The molecule has 11 heteroatoms. The fraction of sp³-hybridized carbons (Fsp3) is 0.607. The number of fused-ring (bicyclic) bond motifs is 5. The van der Waals surface area contributed by atoms with Gasteiger partial charge in [-0.1, -0.05) is 19.9 Å². The summed E-state index contributed by atoms with van der Waals surface area (Å²) < 4.78 is 58.1. The van der Waals surface area contributed by atoms with E-state index in [9.17, 15) is 23.9 Å². The first-order valence-electron chi connectivity index (χ1n) is 12.8. The normalized spacial score (nSPS) is 42.7. The highest BCUT2D eigenvalue weighted by atomic mass is 32.2. The largest absolute Gasteiger partial charge is 0.495 e. The molecule has 1 aromatic rings. The Morgan fingerprint density at radius 2 is 1.95 bits per heavy atom. The minimum atomic E-state index is -2.35. The zero-order valence-corrected chi connectivity index (χ0v) is 23.7. The van der Waals surface area contributed by atoms with Gasteiger partial charge in [-0.3, -0.25) is 9.59 Å². The molecule has 4 aliphatic rings. The number of hydrogen-bond donors (Lipinski definition) is 1. The molecule has 4 aliphatic carbocycles. The van der Waals surface area contributed by atoms with E-state index in [1.807, 2.05) is 0 Å². The van der Waals surface area contributed by atoms with Crippen molar-refractivity contribution in [2.45, 2.75) is 63.6 Å². The number of aliphatic hydroxyl groups excluding tert-OH is 1. The van der Waals surface area contributed by atoms with Crippen molar-refractivity contribution < 1.29 is 42.1 Å². The van der Waals surface area contributed by atoms with Crippen LogP contribution in [0.25, 0.3) is 0 Å². The molecule has 9 atom stereocenters. The lowest BCUT2D eigenvalue weighted by Crippen LogP contribution is -2.70. The van der Waals surface area contributed by atoms with E-state index in [0.717, 1.165) is 6.08 Å². The molecule has 1 N–H and O–H groups in total. The number of carbonyl (C=O) groups excluding carboxylic acids is 3. The van der Waals surface area contributed by atoms with Gasteiger partial charge in [0, 0.05) is 33.4 Å². The topological polar surface area (TPSA) is 89.9 Å². The van der Waals surface area contributed by atoms with Gasteiger partial charge in [0.2, 0.25) is 5.12 Å². The van der Waals surface area contributed by atoms with Crippen molar-refractivity contribution in [1.82, 2.24) is 0 Å². The molecule has 6 nitrogen and oxygen atoms in total. The van der Waals surface area contributed by atoms with Crippen LogP contribution < -0.4 is 4.74 Å². The number of carbonyl (C=O) groups is 3. The van der Waals surface area contributed by atoms with Crippen LogP contribution in [0.4, 0.5) is 13.2 Å². The number of hydrogen-bond acceptors (Lipinski definition) is 8. The second kappa shape index (κ2) is 9.48. The Labute approximate surface area is 233 Å². The number of allylic oxidation sites excluding steroid dienone is 4. The average molecular weight is 585 g/mol. The van der Waals surface area contributed by atoms with Gasteiger partial charge in [0.25, 0.3) is 0 Å². The van der Waals surface area contributed by atoms with E-state index in [4.69, 9.17) is 9.47 Å². The maximum absolute atomic E-state index is 17.5. The molecule has 3 fully saturated rings. The van der Waals surface area contributed by atoms with Gasteiger partial charge in [-0.15, -0.1) is 11.3 Å². The summed E-state index contributed by atoms with van der Waals surface area (Å²) in [6.07, 6.45) is -0.0961. The van der Waals surface area contributed by atoms with Gasteiger partial charge in [-0.2, -0.15) is 0 Å². The first kappa shape index (κ1) is 28.4. The molecule has 0 aromatic carbocycles. The highest BCUT2D eigenvalue weighted by molar-refractivity contribution is 8.13. The molecule has 39 heavy (non-hydrogen) atoms. The molecule has 0 saturated heterocycles. The Morgan fingerprint density at radius 3 is 2.62 bits per heavy atom. The van der Waals surface area contributed by atoms with Crippen molar-refractivity contribution in [2.24, 2.45) is 28.6 Å². The lowest BCUT2D eigenvalue weighted by atomic mass is 9.44. The fourth-order valence-electron chi connectivity index (χ4n) is 8.17. The van der Waals surface area contributed by atoms with Crippen LogP contribution in [0, 0.1) is 28.6 Å². The maximum Gasteiger partial charge on any atom is 0.343 e. The second-order valence-electron chi connectivity index (χ2n) is 11.5.